The highest BCUT2D eigenvalue weighted by Gasteiger charge is 2.30. The number of nitriles is 1. The summed E-state index contributed by atoms with van der Waals surface area (Å²) in [6.45, 7) is 5.98. The Hall–Kier alpha value is -0.590. The van der Waals surface area contributed by atoms with E-state index in [9.17, 15) is 0 Å². The fourth-order valence-corrected chi connectivity index (χ4v) is 1.42. The van der Waals surface area contributed by atoms with Gasteiger partial charge in [-0.15, -0.1) is 0 Å². The van der Waals surface area contributed by atoms with Gasteiger partial charge in [-0.25, -0.2) is 0 Å². The highest BCUT2D eigenvalue weighted by Crippen LogP contribution is 2.16. The van der Waals surface area contributed by atoms with Gasteiger partial charge in [0.05, 0.1) is 12.0 Å². The molecule has 0 aromatic carbocycles. The van der Waals surface area contributed by atoms with Crippen molar-refractivity contribution in [1.29, 1.82) is 5.26 Å². The van der Waals surface area contributed by atoms with Gasteiger partial charge in [-0.2, -0.15) is 5.26 Å². The van der Waals surface area contributed by atoms with Gasteiger partial charge in [0.2, 0.25) is 0 Å². The van der Waals surface area contributed by atoms with Crippen molar-refractivity contribution in [1.82, 2.24) is 4.90 Å². The van der Waals surface area contributed by atoms with E-state index in [1.165, 1.54) is 0 Å². The number of likely N-dealkylation sites (tertiary alicyclic amines) is 1. The van der Waals surface area contributed by atoms with Crippen LogP contribution in [-0.4, -0.2) is 30.1 Å². The molecule has 3 nitrogen and oxygen atoms in total. The van der Waals surface area contributed by atoms with Crippen LogP contribution >= 0.6 is 0 Å². The third kappa shape index (κ3) is 1.70. The molecule has 1 aliphatic rings. The van der Waals surface area contributed by atoms with E-state index >= 15 is 0 Å². The molecule has 2 N–H and O–H groups in total. The first-order chi connectivity index (χ1) is 5.15. The van der Waals surface area contributed by atoms with Crippen molar-refractivity contribution in [3.8, 4) is 6.07 Å². The van der Waals surface area contributed by atoms with Gasteiger partial charge < -0.3 is 5.73 Å². The molecule has 0 spiro atoms. The fraction of sp³-hybridized carbons (Fsp3) is 0.875. The Morgan fingerprint density at radius 2 is 2.18 bits per heavy atom. The molecule has 2 unspecified atom stereocenters. The van der Waals surface area contributed by atoms with E-state index in [1.807, 2.05) is 0 Å². The fourth-order valence-electron chi connectivity index (χ4n) is 1.42. The predicted molar refractivity (Wildman–Crippen MR) is 43.8 cm³/mol. The smallest absolute Gasteiger partial charge is 0.0753 e. The highest BCUT2D eigenvalue weighted by atomic mass is 15.2. The molecular weight excluding hydrogens is 138 g/mol. The van der Waals surface area contributed by atoms with Crippen molar-refractivity contribution in [2.24, 2.45) is 11.7 Å². The van der Waals surface area contributed by atoms with Gasteiger partial charge in [0.25, 0.3) is 0 Å². The predicted octanol–water partition coefficient (Wildman–Crippen LogP) is 0.177. The van der Waals surface area contributed by atoms with Crippen molar-refractivity contribution in [3.05, 3.63) is 0 Å². The average Bonchev–Trinajstić information content (AvgIpc) is 2.31. The summed E-state index contributed by atoms with van der Waals surface area (Å²) in [5.74, 6) is 0.0393. The van der Waals surface area contributed by atoms with Crippen LogP contribution in [0.3, 0.4) is 0 Å². The van der Waals surface area contributed by atoms with E-state index in [2.05, 4.69) is 24.8 Å². The molecule has 0 aromatic rings. The maximum absolute atomic E-state index is 8.68. The summed E-state index contributed by atoms with van der Waals surface area (Å²) in [6, 6.07) is 2.80. The Morgan fingerprint density at radius 1 is 1.55 bits per heavy atom. The number of rotatable bonds is 1. The zero-order chi connectivity index (χ0) is 8.43. The topological polar surface area (TPSA) is 53.0 Å². The zero-order valence-electron chi connectivity index (χ0n) is 7.12. The number of nitrogens with zero attached hydrogens (tertiary/aromatic N) is 2. The molecule has 1 saturated heterocycles. The van der Waals surface area contributed by atoms with Crippen LogP contribution in [-0.2, 0) is 0 Å². The second-order valence-corrected chi connectivity index (χ2v) is 3.45. The maximum Gasteiger partial charge on any atom is 0.0753 e. The van der Waals surface area contributed by atoms with Crippen LogP contribution < -0.4 is 5.73 Å². The summed E-state index contributed by atoms with van der Waals surface area (Å²) >= 11 is 0. The van der Waals surface area contributed by atoms with Crippen LogP contribution in [0.15, 0.2) is 0 Å². The van der Waals surface area contributed by atoms with Gasteiger partial charge in [0, 0.05) is 25.2 Å². The second-order valence-electron chi connectivity index (χ2n) is 3.45. The molecule has 0 aromatic heterocycles. The number of hydrogen-bond donors (Lipinski definition) is 1. The first-order valence-corrected chi connectivity index (χ1v) is 4.04. The lowest BCUT2D eigenvalue weighted by Gasteiger charge is -2.18. The van der Waals surface area contributed by atoms with Crippen molar-refractivity contribution < 1.29 is 0 Å². The Kier molecular flexibility index (Phi) is 2.48. The minimum Gasteiger partial charge on any atom is -0.325 e. The molecule has 1 heterocycles. The van der Waals surface area contributed by atoms with Crippen LogP contribution in [0.2, 0.25) is 0 Å². The standard InChI is InChI=1S/C8H15N3/c1-6(2)11-4-7(3-9)8(10)5-11/h6-8H,4-5,10H2,1-2H3. The minimum atomic E-state index is 0.0393. The summed E-state index contributed by atoms with van der Waals surface area (Å²) in [6.07, 6.45) is 0. The third-order valence-corrected chi connectivity index (χ3v) is 2.29. The summed E-state index contributed by atoms with van der Waals surface area (Å²) in [7, 11) is 0. The van der Waals surface area contributed by atoms with Crippen LogP contribution in [0.25, 0.3) is 0 Å². The number of nitrogens with two attached hydrogens (primary N) is 1. The largest absolute Gasteiger partial charge is 0.325 e. The Labute approximate surface area is 67.8 Å². The molecule has 11 heavy (non-hydrogen) atoms. The van der Waals surface area contributed by atoms with Crippen LogP contribution in [0.4, 0.5) is 0 Å². The van der Waals surface area contributed by atoms with E-state index in [1.54, 1.807) is 0 Å². The summed E-state index contributed by atoms with van der Waals surface area (Å²) in [4.78, 5) is 2.25. The second kappa shape index (κ2) is 3.21. The highest BCUT2D eigenvalue weighted by molar-refractivity contribution is 4.99. The first-order valence-electron chi connectivity index (χ1n) is 4.04. The molecule has 0 radical (unpaired) electrons. The maximum atomic E-state index is 8.68. The first kappa shape index (κ1) is 8.51. The summed E-state index contributed by atoms with van der Waals surface area (Å²) in [5.41, 5.74) is 5.75. The average molecular weight is 153 g/mol. The molecule has 62 valence electrons. The van der Waals surface area contributed by atoms with E-state index in [0.717, 1.165) is 13.1 Å². The monoisotopic (exact) mass is 153 g/mol. The Bertz CT molecular complexity index is 171. The van der Waals surface area contributed by atoms with E-state index < -0.39 is 0 Å². The van der Waals surface area contributed by atoms with Gasteiger partial charge in [-0.05, 0) is 13.8 Å². The molecule has 2 atom stereocenters. The van der Waals surface area contributed by atoms with Gasteiger partial charge in [0.15, 0.2) is 0 Å². The lowest BCUT2D eigenvalue weighted by molar-refractivity contribution is 0.269. The van der Waals surface area contributed by atoms with Crippen LogP contribution in [0, 0.1) is 17.2 Å². The summed E-state index contributed by atoms with van der Waals surface area (Å²) in [5, 5.41) is 8.68. The van der Waals surface area contributed by atoms with Crippen LogP contribution in [0.5, 0.6) is 0 Å². The Balaban J connectivity index is 2.51. The van der Waals surface area contributed by atoms with E-state index in [0.29, 0.717) is 6.04 Å². The van der Waals surface area contributed by atoms with Crippen molar-refractivity contribution in [2.45, 2.75) is 25.9 Å². The molecule has 0 bridgehead atoms. The molecule has 0 amide bonds. The Morgan fingerprint density at radius 3 is 2.45 bits per heavy atom. The molecule has 0 saturated carbocycles. The molecule has 1 rings (SSSR count). The molecule has 3 heteroatoms. The molecule has 1 fully saturated rings. The van der Waals surface area contributed by atoms with Crippen molar-refractivity contribution in [3.63, 3.8) is 0 Å². The van der Waals surface area contributed by atoms with E-state index in [4.69, 9.17) is 11.0 Å². The third-order valence-electron chi connectivity index (χ3n) is 2.29. The van der Waals surface area contributed by atoms with E-state index in [-0.39, 0.29) is 12.0 Å². The van der Waals surface area contributed by atoms with Crippen molar-refractivity contribution in [2.75, 3.05) is 13.1 Å². The molecule has 1 aliphatic heterocycles. The normalized spacial score (nSPS) is 32.6. The molecular formula is C8H15N3. The summed E-state index contributed by atoms with van der Waals surface area (Å²) < 4.78 is 0. The van der Waals surface area contributed by atoms with Gasteiger partial charge >= 0.3 is 0 Å². The quantitative estimate of drug-likeness (QED) is 0.584. The molecule has 0 aliphatic carbocycles. The lowest BCUT2D eigenvalue weighted by Crippen LogP contribution is -2.32. The lowest BCUT2D eigenvalue weighted by atomic mass is 10.1. The zero-order valence-corrected chi connectivity index (χ0v) is 7.12. The van der Waals surface area contributed by atoms with Gasteiger partial charge in [-0.1, -0.05) is 0 Å². The SMILES string of the molecule is CC(C)N1CC(N)C(C#N)C1. The minimum absolute atomic E-state index is 0.0393. The number of hydrogen-bond acceptors (Lipinski definition) is 3. The van der Waals surface area contributed by atoms with Crippen molar-refractivity contribution >= 4 is 0 Å². The van der Waals surface area contributed by atoms with Gasteiger partial charge in [-0.3, -0.25) is 4.90 Å². The van der Waals surface area contributed by atoms with Crippen LogP contribution in [0.1, 0.15) is 13.8 Å². The van der Waals surface area contributed by atoms with Gasteiger partial charge in [0.1, 0.15) is 0 Å².